The highest BCUT2D eigenvalue weighted by atomic mass is 16.3. The average molecular weight is 306 g/mol. The molecule has 2 rings (SSSR count). The summed E-state index contributed by atoms with van der Waals surface area (Å²) in [5, 5.41) is 14.6. The molecule has 0 amide bonds. The number of nitrogen functional groups attached to an aromatic ring is 1. The highest BCUT2D eigenvalue weighted by Gasteiger charge is 2.01. The largest absolute Gasteiger partial charge is 0.508 e. The number of hydrogen-bond donors (Lipinski definition) is 4. The highest BCUT2D eigenvalue weighted by Crippen LogP contribution is 2.05. The first-order chi connectivity index (χ1) is 10.7. The second-order valence-corrected chi connectivity index (χ2v) is 3.74. The van der Waals surface area contributed by atoms with Crippen molar-refractivity contribution in [3.63, 3.8) is 0 Å². The SMILES string of the molecule is CC.CCNc1nc(N)nc(NCC)n1.Oc1ccccc1. The molecule has 0 aliphatic carbocycles. The lowest BCUT2D eigenvalue weighted by Gasteiger charge is -2.05. The zero-order valence-corrected chi connectivity index (χ0v) is 13.7. The van der Waals surface area contributed by atoms with Gasteiger partial charge in [-0.05, 0) is 26.0 Å². The van der Waals surface area contributed by atoms with Crippen LogP contribution in [0.15, 0.2) is 30.3 Å². The topological polar surface area (TPSA) is 109 Å². The Hall–Kier alpha value is -2.57. The van der Waals surface area contributed by atoms with Crippen LogP contribution in [0.3, 0.4) is 0 Å². The minimum atomic E-state index is 0.224. The van der Waals surface area contributed by atoms with Gasteiger partial charge in [-0.15, -0.1) is 0 Å². The van der Waals surface area contributed by atoms with Crippen molar-refractivity contribution in [1.29, 1.82) is 0 Å². The van der Waals surface area contributed by atoms with Gasteiger partial charge in [-0.2, -0.15) is 15.0 Å². The van der Waals surface area contributed by atoms with E-state index in [0.717, 1.165) is 13.1 Å². The number of phenols is 1. The first-order valence-electron chi connectivity index (χ1n) is 7.39. The van der Waals surface area contributed by atoms with E-state index in [1.54, 1.807) is 24.3 Å². The maximum Gasteiger partial charge on any atom is 0.229 e. The summed E-state index contributed by atoms with van der Waals surface area (Å²) in [6.07, 6.45) is 0. The average Bonchev–Trinajstić information content (AvgIpc) is 2.51. The van der Waals surface area contributed by atoms with Gasteiger partial charge in [-0.1, -0.05) is 32.0 Å². The van der Waals surface area contributed by atoms with Crippen LogP contribution in [0, 0.1) is 0 Å². The van der Waals surface area contributed by atoms with Gasteiger partial charge in [0.2, 0.25) is 17.8 Å². The summed E-state index contributed by atoms with van der Waals surface area (Å²) < 4.78 is 0. The van der Waals surface area contributed by atoms with Crippen LogP contribution < -0.4 is 16.4 Å². The lowest BCUT2D eigenvalue weighted by Crippen LogP contribution is -2.10. The van der Waals surface area contributed by atoms with Crippen LogP contribution in [0.2, 0.25) is 0 Å². The molecule has 0 aliphatic rings. The minimum Gasteiger partial charge on any atom is -0.508 e. The van der Waals surface area contributed by atoms with Crippen LogP contribution in [0.25, 0.3) is 0 Å². The number of phenolic OH excluding ortho intramolecular Hbond substituents is 1. The van der Waals surface area contributed by atoms with Gasteiger partial charge >= 0.3 is 0 Å². The Kier molecular flexibility index (Phi) is 10.8. The number of benzene rings is 1. The number of aromatic nitrogens is 3. The first kappa shape index (κ1) is 19.4. The molecule has 2 aromatic rings. The fourth-order valence-electron chi connectivity index (χ4n) is 1.29. The molecule has 0 bridgehead atoms. The molecule has 0 spiro atoms. The monoisotopic (exact) mass is 306 g/mol. The quantitative estimate of drug-likeness (QED) is 0.687. The lowest BCUT2D eigenvalue weighted by atomic mass is 10.3. The van der Waals surface area contributed by atoms with Crippen molar-refractivity contribution < 1.29 is 5.11 Å². The van der Waals surface area contributed by atoms with Crippen molar-refractivity contribution in [2.45, 2.75) is 27.7 Å². The Morgan fingerprint density at radius 3 is 1.68 bits per heavy atom. The van der Waals surface area contributed by atoms with Crippen molar-refractivity contribution >= 4 is 17.8 Å². The van der Waals surface area contributed by atoms with Gasteiger partial charge in [0.1, 0.15) is 5.75 Å². The van der Waals surface area contributed by atoms with Crippen molar-refractivity contribution in [2.24, 2.45) is 0 Å². The molecule has 122 valence electrons. The minimum absolute atomic E-state index is 0.224. The Morgan fingerprint density at radius 1 is 0.909 bits per heavy atom. The van der Waals surface area contributed by atoms with Crippen LogP contribution in [-0.2, 0) is 0 Å². The molecule has 7 heteroatoms. The van der Waals surface area contributed by atoms with Crippen LogP contribution in [0.4, 0.5) is 17.8 Å². The summed E-state index contributed by atoms with van der Waals surface area (Å²) in [5.74, 6) is 1.56. The normalized spacial score (nSPS) is 8.73. The summed E-state index contributed by atoms with van der Waals surface area (Å²) >= 11 is 0. The zero-order chi connectivity index (χ0) is 16.8. The van der Waals surface area contributed by atoms with Gasteiger partial charge in [0.15, 0.2) is 0 Å². The Morgan fingerprint density at radius 2 is 1.36 bits per heavy atom. The molecular weight excluding hydrogens is 280 g/mol. The molecule has 1 aromatic carbocycles. The third-order valence-electron chi connectivity index (χ3n) is 2.08. The number of nitrogens with zero attached hydrogens (tertiary/aromatic N) is 3. The van der Waals surface area contributed by atoms with E-state index in [1.165, 1.54) is 0 Å². The smallest absolute Gasteiger partial charge is 0.229 e. The Labute approximate surface area is 132 Å². The van der Waals surface area contributed by atoms with Crippen LogP contribution in [0.5, 0.6) is 5.75 Å². The number of hydrogen-bond acceptors (Lipinski definition) is 7. The first-order valence-corrected chi connectivity index (χ1v) is 7.39. The summed E-state index contributed by atoms with van der Waals surface area (Å²) in [6.45, 7) is 9.45. The van der Waals surface area contributed by atoms with E-state index < -0.39 is 0 Å². The third-order valence-corrected chi connectivity index (χ3v) is 2.08. The number of aromatic hydroxyl groups is 1. The number of para-hydroxylation sites is 1. The summed E-state index contributed by atoms with van der Waals surface area (Å²) in [4.78, 5) is 11.9. The fraction of sp³-hybridized carbons (Fsp3) is 0.400. The molecule has 0 fully saturated rings. The van der Waals surface area contributed by atoms with E-state index in [9.17, 15) is 0 Å². The van der Waals surface area contributed by atoms with E-state index >= 15 is 0 Å². The second-order valence-electron chi connectivity index (χ2n) is 3.74. The molecule has 0 atom stereocenters. The predicted octanol–water partition coefficient (Wildman–Crippen LogP) is 2.74. The molecule has 5 N–H and O–H groups in total. The van der Waals surface area contributed by atoms with Crippen molar-refractivity contribution in [3.05, 3.63) is 30.3 Å². The van der Waals surface area contributed by atoms with E-state index in [-0.39, 0.29) is 5.95 Å². The van der Waals surface area contributed by atoms with Crippen LogP contribution >= 0.6 is 0 Å². The second kappa shape index (κ2) is 12.2. The molecule has 1 aromatic heterocycles. The molecule has 7 nitrogen and oxygen atoms in total. The zero-order valence-electron chi connectivity index (χ0n) is 13.7. The van der Waals surface area contributed by atoms with E-state index in [2.05, 4.69) is 25.6 Å². The lowest BCUT2D eigenvalue weighted by molar-refractivity contribution is 0.475. The van der Waals surface area contributed by atoms with Gasteiger partial charge in [0.05, 0.1) is 0 Å². The van der Waals surface area contributed by atoms with Gasteiger partial charge in [-0.3, -0.25) is 0 Å². The molecular formula is C15H26N6O. The third kappa shape index (κ3) is 8.57. The van der Waals surface area contributed by atoms with E-state index in [1.807, 2.05) is 33.8 Å². The molecule has 0 aliphatic heterocycles. The predicted molar refractivity (Wildman–Crippen MR) is 92.0 cm³/mol. The summed E-state index contributed by atoms with van der Waals surface area (Å²) in [7, 11) is 0. The molecule has 0 radical (unpaired) electrons. The van der Waals surface area contributed by atoms with E-state index in [0.29, 0.717) is 17.6 Å². The number of rotatable bonds is 4. The Balaban J connectivity index is 0.000000412. The van der Waals surface area contributed by atoms with Gasteiger partial charge < -0.3 is 21.5 Å². The van der Waals surface area contributed by atoms with Gasteiger partial charge in [0, 0.05) is 13.1 Å². The molecule has 0 unspecified atom stereocenters. The van der Waals surface area contributed by atoms with Crippen molar-refractivity contribution in [1.82, 2.24) is 15.0 Å². The maximum atomic E-state index is 8.63. The number of nitrogens with one attached hydrogen (secondary N) is 2. The standard InChI is InChI=1S/C7H14N6.C6H6O.C2H6/c1-3-9-6-11-5(8)12-7(13-6)10-4-2;7-6-4-2-1-3-5-6;1-2/h3-4H2,1-2H3,(H4,8,9,10,11,12,13);1-5,7H;1-2H3. The highest BCUT2D eigenvalue weighted by molar-refractivity contribution is 5.39. The van der Waals surface area contributed by atoms with Gasteiger partial charge in [-0.25, -0.2) is 0 Å². The molecule has 0 saturated heterocycles. The summed E-state index contributed by atoms with van der Waals surface area (Å²) in [6, 6.07) is 8.71. The van der Waals surface area contributed by atoms with Gasteiger partial charge in [0.25, 0.3) is 0 Å². The maximum absolute atomic E-state index is 8.63. The van der Waals surface area contributed by atoms with Crippen LogP contribution in [0.1, 0.15) is 27.7 Å². The molecule has 0 saturated carbocycles. The van der Waals surface area contributed by atoms with Crippen LogP contribution in [-0.4, -0.2) is 33.1 Å². The molecule has 22 heavy (non-hydrogen) atoms. The Bertz CT molecular complexity index is 482. The fourth-order valence-corrected chi connectivity index (χ4v) is 1.29. The van der Waals surface area contributed by atoms with E-state index in [4.69, 9.17) is 10.8 Å². The van der Waals surface area contributed by atoms with Crippen molar-refractivity contribution in [2.75, 3.05) is 29.5 Å². The number of nitrogens with two attached hydrogens (primary N) is 1. The molecule has 1 heterocycles. The van der Waals surface area contributed by atoms with Crippen molar-refractivity contribution in [3.8, 4) is 5.75 Å². The summed E-state index contributed by atoms with van der Waals surface area (Å²) in [5.41, 5.74) is 5.48. The number of anilines is 3.